The lowest BCUT2D eigenvalue weighted by Crippen LogP contribution is -1.96. The van der Waals surface area contributed by atoms with Crippen LogP contribution in [0.5, 0.6) is 0 Å². The summed E-state index contributed by atoms with van der Waals surface area (Å²) in [5, 5.41) is 16.7. The fraction of sp³-hybridized carbons (Fsp3) is 0.154. The van der Waals surface area contributed by atoms with E-state index < -0.39 is 0 Å². The Kier molecular flexibility index (Phi) is 4.33. The molecule has 0 aliphatic rings. The van der Waals surface area contributed by atoms with Crippen LogP contribution < -0.4 is 0 Å². The van der Waals surface area contributed by atoms with Gasteiger partial charge in [0, 0.05) is 11.1 Å². The van der Waals surface area contributed by atoms with E-state index in [1.165, 1.54) is 0 Å². The number of hydrogen-bond donors (Lipinski definition) is 0. The van der Waals surface area contributed by atoms with Gasteiger partial charge in [-0.2, -0.15) is 10.5 Å². The first-order valence-corrected chi connectivity index (χ1v) is 4.64. The normalized spacial score (nSPS) is 8.12. The second-order valence-corrected chi connectivity index (χ2v) is 2.97. The maximum Gasteiger partial charge on any atom is 0.176 e. The first-order valence-electron chi connectivity index (χ1n) is 4.64. The number of Topliss-reactive ketones (excluding diaryl/α,β-unsaturated/α-hetero) is 1. The quantitative estimate of drug-likeness (QED) is 0.551. The summed E-state index contributed by atoms with van der Waals surface area (Å²) in [5.41, 5.74) is 1.26. The molecule has 0 spiro atoms. The Morgan fingerprint density at radius 3 is 2.38 bits per heavy atom. The molecule has 16 heavy (non-hydrogen) atoms. The molecule has 0 unspecified atom stereocenters. The molecule has 3 nitrogen and oxygen atoms in total. The van der Waals surface area contributed by atoms with E-state index in [0.29, 0.717) is 5.56 Å². The molecule has 1 aromatic rings. The molecule has 0 heterocycles. The van der Waals surface area contributed by atoms with Crippen molar-refractivity contribution in [2.24, 2.45) is 0 Å². The van der Waals surface area contributed by atoms with Crippen LogP contribution in [-0.2, 0) is 0 Å². The lowest BCUT2D eigenvalue weighted by molar-refractivity contribution is 0.0997. The van der Waals surface area contributed by atoms with Gasteiger partial charge in [-0.25, -0.2) is 0 Å². The Morgan fingerprint density at radius 1 is 1.12 bits per heavy atom. The van der Waals surface area contributed by atoms with E-state index in [0.717, 1.165) is 5.56 Å². The Labute approximate surface area is 93.9 Å². The highest BCUT2D eigenvalue weighted by molar-refractivity contribution is 5.97. The molecule has 0 radical (unpaired) electrons. The topological polar surface area (TPSA) is 64.7 Å². The summed E-state index contributed by atoms with van der Waals surface area (Å²) in [4.78, 5) is 11.3. The molecule has 0 amide bonds. The third-order valence-corrected chi connectivity index (χ3v) is 1.85. The van der Waals surface area contributed by atoms with Crippen LogP contribution in [0.15, 0.2) is 24.3 Å². The minimum absolute atomic E-state index is 0.112. The second-order valence-electron chi connectivity index (χ2n) is 2.97. The predicted molar refractivity (Wildman–Crippen MR) is 58.1 cm³/mol. The van der Waals surface area contributed by atoms with Gasteiger partial charge in [-0.15, -0.1) is 0 Å². The molecular weight excluding hydrogens is 200 g/mol. The third-order valence-electron chi connectivity index (χ3n) is 1.85. The zero-order valence-electron chi connectivity index (χ0n) is 8.53. The fourth-order valence-electron chi connectivity index (χ4n) is 1.10. The summed E-state index contributed by atoms with van der Waals surface area (Å²) in [6.45, 7) is 0. The molecule has 0 N–H and O–H groups in total. The second kappa shape index (κ2) is 6.02. The maximum atomic E-state index is 11.3. The minimum atomic E-state index is -0.195. The van der Waals surface area contributed by atoms with Gasteiger partial charge in [-0.1, -0.05) is 24.0 Å². The number of hydrogen-bond acceptors (Lipinski definition) is 3. The molecule has 0 saturated carbocycles. The molecule has 0 aliphatic carbocycles. The van der Waals surface area contributed by atoms with Gasteiger partial charge in [0.05, 0.1) is 25.0 Å². The largest absolute Gasteiger partial charge is 0.293 e. The van der Waals surface area contributed by atoms with Crippen molar-refractivity contribution in [2.75, 3.05) is 0 Å². The van der Waals surface area contributed by atoms with Crippen LogP contribution in [0.1, 0.15) is 28.8 Å². The molecular formula is C13H8N2O. The maximum absolute atomic E-state index is 11.3. The summed E-state index contributed by atoms with van der Waals surface area (Å²) >= 11 is 0. The first-order chi connectivity index (χ1) is 7.77. The average Bonchev–Trinajstić information content (AvgIpc) is 2.30. The number of nitriles is 2. The average molecular weight is 208 g/mol. The highest BCUT2D eigenvalue weighted by atomic mass is 16.1. The van der Waals surface area contributed by atoms with Crippen LogP contribution in [0.4, 0.5) is 0 Å². The summed E-state index contributed by atoms with van der Waals surface area (Å²) in [6, 6.07) is 10.4. The van der Waals surface area contributed by atoms with Gasteiger partial charge in [0.1, 0.15) is 0 Å². The Morgan fingerprint density at radius 2 is 1.81 bits per heavy atom. The number of ketones is 1. The van der Waals surface area contributed by atoms with Gasteiger partial charge < -0.3 is 0 Å². The van der Waals surface area contributed by atoms with Crippen LogP contribution >= 0.6 is 0 Å². The molecule has 1 rings (SSSR count). The molecule has 76 valence electrons. The smallest absolute Gasteiger partial charge is 0.176 e. The fourth-order valence-corrected chi connectivity index (χ4v) is 1.10. The summed E-state index contributed by atoms with van der Waals surface area (Å²) in [5.74, 6) is 5.28. The number of carbonyl (C=O) groups excluding carboxylic acids is 1. The zero-order valence-corrected chi connectivity index (χ0v) is 8.53. The van der Waals surface area contributed by atoms with Gasteiger partial charge >= 0.3 is 0 Å². The number of nitrogens with zero attached hydrogens (tertiary/aromatic N) is 2. The zero-order chi connectivity index (χ0) is 11.8. The van der Waals surface area contributed by atoms with Gasteiger partial charge in [-0.05, 0) is 12.1 Å². The Balaban J connectivity index is 2.78. The standard InChI is InChI=1S/C13H8N2O/c14-9-2-1-3-11-4-6-12(7-5-11)13(16)8-10-15/h4-7H,2,8H2. The van der Waals surface area contributed by atoms with Crippen molar-refractivity contribution in [3.05, 3.63) is 35.4 Å². The van der Waals surface area contributed by atoms with E-state index in [2.05, 4.69) is 11.8 Å². The summed E-state index contributed by atoms with van der Waals surface area (Å²) in [6.07, 6.45) is 0.0779. The van der Waals surface area contributed by atoms with Crippen molar-refractivity contribution >= 4 is 5.78 Å². The monoisotopic (exact) mass is 208 g/mol. The van der Waals surface area contributed by atoms with E-state index in [-0.39, 0.29) is 18.6 Å². The highest BCUT2D eigenvalue weighted by Gasteiger charge is 2.03. The third kappa shape index (κ3) is 3.29. The lowest BCUT2D eigenvalue weighted by Gasteiger charge is -1.95. The van der Waals surface area contributed by atoms with E-state index in [4.69, 9.17) is 10.5 Å². The van der Waals surface area contributed by atoms with Crippen LogP contribution in [-0.4, -0.2) is 5.78 Å². The van der Waals surface area contributed by atoms with Crippen molar-refractivity contribution in [3.63, 3.8) is 0 Å². The van der Waals surface area contributed by atoms with Crippen molar-refractivity contribution in [1.82, 2.24) is 0 Å². The minimum Gasteiger partial charge on any atom is -0.293 e. The van der Waals surface area contributed by atoms with E-state index in [9.17, 15) is 4.79 Å². The first kappa shape index (κ1) is 11.5. The number of benzene rings is 1. The van der Waals surface area contributed by atoms with E-state index in [1.54, 1.807) is 24.3 Å². The van der Waals surface area contributed by atoms with Gasteiger partial charge in [-0.3, -0.25) is 4.79 Å². The molecule has 0 atom stereocenters. The van der Waals surface area contributed by atoms with Gasteiger partial charge in [0.2, 0.25) is 0 Å². The molecule has 0 saturated heterocycles. The molecule has 0 aliphatic heterocycles. The van der Waals surface area contributed by atoms with Crippen LogP contribution in [0.25, 0.3) is 0 Å². The highest BCUT2D eigenvalue weighted by Crippen LogP contribution is 2.05. The Hall–Kier alpha value is -2.57. The van der Waals surface area contributed by atoms with Crippen molar-refractivity contribution in [1.29, 1.82) is 10.5 Å². The van der Waals surface area contributed by atoms with E-state index >= 15 is 0 Å². The van der Waals surface area contributed by atoms with E-state index in [1.807, 2.05) is 12.1 Å². The lowest BCUT2D eigenvalue weighted by atomic mass is 10.1. The van der Waals surface area contributed by atoms with Crippen LogP contribution in [0.2, 0.25) is 0 Å². The van der Waals surface area contributed by atoms with Crippen LogP contribution in [0.3, 0.4) is 0 Å². The molecule has 3 heteroatoms. The molecule has 0 fully saturated rings. The SMILES string of the molecule is N#CCC#Cc1ccc(C(=O)CC#N)cc1. The van der Waals surface area contributed by atoms with Crippen LogP contribution in [0, 0.1) is 34.5 Å². The number of rotatable bonds is 2. The summed E-state index contributed by atoms with van der Waals surface area (Å²) in [7, 11) is 0. The van der Waals surface area contributed by atoms with Crippen molar-refractivity contribution < 1.29 is 4.79 Å². The van der Waals surface area contributed by atoms with Crippen molar-refractivity contribution in [3.8, 4) is 24.0 Å². The summed E-state index contributed by atoms with van der Waals surface area (Å²) < 4.78 is 0. The van der Waals surface area contributed by atoms with Gasteiger partial charge in [0.25, 0.3) is 0 Å². The van der Waals surface area contributed by atoms with Crippen molar-refractivity contribution in [2.45, 2.75) is 12.8 Å². The Bertz CT molecular complexity index is 518. The molecule has 0 bridgehead atoms. The molecule has 1 aromatic carbocycles. The molecule has 0 aromatic heterocycles. The number of carbonyl (C=O) groups is 1. The predicted octanol–water partition coefficient (Wildman–Crippen LogP) is 2.05. The van der Waals surface area contributed by atoms with Gasteiger partial charge in [0.15, 0.2) is 5.78 Å².